The maximum Gasteiger partial charge on any atom is 0.264 e. The van der Waals surface area contributed by atoms with Gasteiger partial charge in [0.1, 0.15) is 29.1 Å². The van der Waals surface area contributed by atoms with E-state index in [1.54, 1.807) is 24.3 Å². The van der Waals surface area contributed by atoms with E-state index in [0.29, 0.717) is 43.7 Å². The largest absolute Gasteiger partial charge is 0.371 e. The van der Waals surface area contributed by atoms with Crippen molar-refractivity contribution in [1.29, 1.82) is 10.5 Å². The fraction of sp³-hybridized carbons (Fsp3) is 0.333. The molecular weight excluding hydrogens is 693 g/mol. The SMILES string of the molecule is CC(=O)Nc1cc(N(CCCCS(=O)(=O)O)CCCCS(=O)(=O)O)ccc1N=Nc1c(C#N)cnn1-c1c(C#N)cccc1SOOO. The Morgan fingerprint density at radius 2 is 1.65 bits per heavy atom. The molecule has 3 rings (SSSR count). The Labute approximate surface area is 280 Å². The van der Waals surface area contributed by atoms with Gasteiger partial charge < -0.3 is 10.2 Å². The van der Waals surface area contributed by atoms with Gasteiger partial charge in [0.25, 0.3) is 20.2 Å². The fourth-order valence-electron chi connectivity index (χ4n) is 4.37. The quantitative estimate of drug-likeness (QED) is 0.0350. The van der Waals surface area contributed by atoms with E-state index in [1.165, 1.54) is 29.9 Å². The molecule has 4 N–H and O–H groups in total. The molecule has 1 amide bonds. The molecule has 2 aromatic carbocycles. The predicted octanol–water partition coefficient (Wildman–Crippen LogP) is 4.56. The average Bonchev–Trinajstić information content (AvgIpc) is 3.43. The monoisotopic (exact) mass is 722 g/mol. The van der Waals surface area contributed by atoms with Crippen molar-refractivity contribution in [2.45, 2.75) is 37.5 Å². The van der Waals surface area contributed by atoms with E-state index >= 15 is 0 Å². The molecule has 1 aromatic heterocycles. The molecule has 0 saturated carbocycles. The van der Waals surface area contributed by atoms with Crippen molar-refractivity contribution in [3.63, 3.8) is 0 Å². The highest BCUT2D eigenvalue weighted by Gasteiger charge is 2.20. The molecule has 1 heterocycles. The molecule has 0 spiro atoms. The van der Waals surface area contributed by atoms with Gasteiger partial charge in [-0.1, -0.05) is 11.1 Å². The molecule has 0 atom stereocenters. The van der Waals surface area contributed by atoms with Gasteiger partial charge in [-0.25, -0.2) is 9.94 Å². The van der Waals surface area contributed by atoms with E-state index < -0.39 is 37.6 Å². The Bertz CT molecular complexity index is 1900. The van der Waals surface area contributed by atoms with Gasteiger partial charge in [0.05, 0.1) is 45.9 Å². The number of nitrogens with zero attached hydrogens (tertiary/aromatic N) is 7. The van der Waals surface area contributed by atoms with Crippen LogP contribution in [0.5, 0.6) is 0 Å². The number of azo groups is 1. The minimum Gasteiger partial charge on any atom is -0.371 e. The van der Waals surface area contributed by atoms with Crippen LogP contribution in [-0.4, -0.2) is 71.5 Å². The van der Waals surface area contributed by atoms with Crippen molar-refractivity contribution >= 4 is 61.1 Å². The molecule has 0 aliphatic heterocycles. The van der Waals surface area contributed by atoms with Gasteiger partial charge in [0.2, 0.25) is 5.91 Å². The summed E-state index contributed by atoms with van der Waals surface area (Å²) in [6, 6.07) is 13.3. The molecule has 18 nitrogen and oxygen atoms in total. The Balaban J connectivity index is 2.01. The third kappa shape index (κ3) is 11.7. The Hall–Kier alpha value is -4.45. The van der Waals surface area contributed by atoms with Crippen molar-refractivity contribution in [2.75, 3.05) is 34.8 Å². The summed E-state index contributed by atoms with van der Waals surface area (Å²) in [7, 11) is -8.32. The number of aromatic nitrogens is 2. The van der Waals surface area contributed by atoms with Crippen LogP contribution in [0.15, 0.2) is 57.7 Å². The van der Waals surface area contributed by atoms with Crippen LogP contribution in [0.25, 0.3) is 5.69 Å². The van der Waals surface area contributed by atoms with E-state index in [4.69, 9.17) is 14.4 Å². The number of carbonyl (C=O) groups excluding carboxylic acids is 1. The van der Waals surface area contributed by atoms with Gasteiger partial charge >= 0.3 is 0 Å². The van der Waals surface area contributed by atoms with Crippen LogP contribution in [0.3, 0.4) is 0 Å². The van der Waals surface area contributed by atoms with Crippen LogP contribution >= 0.6 is 12.0 Å². The summed E-state index contributed by atoms with van der Waals surface area (Å²) in [5.41, 5.74) is 1.16. The van der Waals surface area contributed by atoms with Crippen LogP contribution in [-0.2, 0) is 34.4 Å². The summed E-state index contributed by atoms with van der Waals surface area (Å²) in [4.78, 5) is 14.2. The summed E-state index contributed by atoms with van der Waals surface area (Å²) in [5.74, 6) is -1.41. The number of hydrogen-bond acceptors (Lipinski definition) is 15. The standard InChI is InChI=1S/C27H30N8O10S3/c1-19(36)31-24-15-22(34(11-2-4-13-47(38,39)40)12-3-5-14-48(41,42)43)9-10-23(24)32-33-27-21(17-29)18-30-35(27)26-20(16-28)7-6-8-25(26)46-45-44-37/h6-10,15,18,37H,2-5,11-14H2,1H3,(H,31,36)(H,38,39,40)(H,41,42,43). The Morgan fingerprint density at radius 3 is 2.21 bits per heavy atom. The Kier molecular flexibility index (Phi) is 14.0. The first-order valence-electron chi connectivity index (χ1n) is 13.9. The second-order valence-electron chi connectivity index (χ2n) is 9.95. The number of nitriles is 2. The summed E-state index contributed by atoms with van der Waals surface area (Å²) in [6.45, 7) is 1.88. The maximum absolute atomic E-state index is 12.1. The summed E-state index contributed by atoms with van der Waals surface area (Å²) in [6.07, 6.45) is 2.19. The lowest BCUT2D eigenvalue weighted by Gasteiger charge is -2.26. The minimum absolute atomic E-state index is 0.0135. The highest BCUT2D eigenvalue weighted by molar-refractivity contribution is 7.94. The van der Waals surface area contributed by atoms with Crippen molar-refractivity contribution in [1.82, 2.24) is 9.78 Å². The number of hydrogen-bond donors (Lipinski definition) is 4. The van der Waals surface area contributed by atoms with Crippen LogP contribution in [0.2, 0.25) is 0 Å². The van der Waals surface area contributed by atoms with Gasteiger partial charge in [-0.2, -0.15) is 32.5 Å². The van der Waals surface area contributed by atoms with E-state index in [0.717, 1.165) is 0 Å². The van der Waals surface area contributed by atoms with Crippen molar-refractivity contribution in [3.8, 4) is 17.8 Å². The van der Waals surface area contributed by atoms with Crippen LogP contribution < -0.4 is 10.2 Å². The van der Waals surface area contributed by atoms with Crippen LogP contribution in [0.1, 0.15) is 43.7 Å². The zero-order valence-corrected chi connectivity index (χ0v) is 27.7. The molecule has 48 heavy (non-hydrogen) atoms. The topological polar surface area (TPSA) is 270 Å². The first-order chi connectivity index (χ1) is 22.8. The van der Waals surface area contributed by atoms with Crippen molar-refractivity contribution in [3.05, 3.63) is 53.7 Å². The van der Waals surface area contributed by atoms with E-state index in [9.17, 15) is 32.2 Å². The molecular formula is C27H30N8O10S3. The molecule has 0 aliphatic carbocycles. The van der Waals surface area contributed by atoms with Crippen molar-refractivity contribution < 1.29 is 45.4 Å². The maximum atomic E-state index is 12.1. The molecule has 3 aromatic rings. The number of anilines is 2. The summed E-state index contributed by atoms with van der Waals surface area (Å²) < 4.78 is 68.5. The highest BCUT2D eigenvalue weighted by Crippen LogP contribution is 2.36. The number of para-hydroxylation sites is 1. The second-order valence-corrected chi connectivity index (χ2v) is 13.8. The lowest BCUT2D eigenvalue weighted by atomic mass is 10.2. The smallest absolute Gasteiger partial charge is 0.264 e. The van der Waals surface area contributed by atoms with Gasteiger partial charge in [0, 0.05) is 25.7 Å². The average molecular weight is 723 g/mol. The number of nitrogens with one attached hydrogen (secondary N) is 1. The molecule has 0 bridgehead atoms. The van der Waals surface area contributed by atoms with Crippen LogP contribution in [0.4, 0.5) is 22.9 Å². The molecule has 0 saturated heterocycles. The van der Waals surface area contributed by atoms with E-state index in [-0.39, 0.29) is 51.7 Å². The first kappa shape index (κ1) is 38.0. The lowest BCUT2D eigenvalue weighted by Crippen LogP contribution is -2.26. The Morgan fingerprint density at radius 1 is 1.00 bits per heavy atom. The number of carbonyl (C=O) groups is 1. The predicted molar refractivity (Wildman–Crippen MR) is 172 cm³/mol. The zero-order valence-electron chi connectivity index (χ0n) is 25.3. The van der Waals surface area contributed by atoms with Gasteiger partial charge in [0.15, 0.2) is 5.82 Å². The first-order valence-corrected chi connectivity index (χ1v) is 17.9. The number of benzene rings is 2. The van der Waals surface area contributed by atoms with Gasteiger partial charge in [-0.3, -0.25) is 13.9 Å². The minimum atomic E-state index is -4.16. The van der Waals surface area contributed by atoms with E-state index in [2.05, 4.69) is 30.0 Å². The number of amides is 1. The third-order valence-electron chi connectivity index (χ3n) is 6.42. The molecule has 0 unspecified atom stereocenters. The molecule has 21 heteroatoms. The molecule has 0 aliphatic rings. The van der Waals surface area contributed by atoms with E-state index in [1.807, 2.05) is 17.0 Å². The normalized spacial score (nSPS) is 11.7. The summed E-state index contributed by atoms with van der Waals surface area (Å²) >= 11 is 0.565. The molecule has 256 valence electrons. The highest BCUT2D eigenvalue weighted by atomic mass is 32.2. The third-order valence-corrected chi connectivity index (χ3v) is 8.67. The van der Waals surface area contributed by atoms with Gasteiger partial charge in [-0.15, -0.1) is 14.6 Å². The number of unbranched alkanes of at least 4 members (excludes halogenated alkanes) is 2. The fourth-order valence-corrected chi connectivity index (χ4v) is 6.03. The number of rotatable bonds is 18. The molecule has 0 radical (unpaired) electrons. The second kappa shape index (κ2) is 17.6. The zero-order chi connectivity index (χ0) is 35.3. The molecule has 0 fully saturated rings. The van der Waals surface area contributed by atoms with Gasteiger partial charge in [-0.05, 0) is 56.0 Å². The summed E-state index contributed by atoms with van der Waals surface area (Å²) in [5, 5.41) is 47.1. The van der Waals surface area contributed by atoms with Crippen LogP contribution in [0, 0.1) is 22.7 Å². The lowest BCUT2D eigenvalue weighted by molar-refractivity contribution is -0.432. The van der Waals surface area contributed by atoms with Crippen molar-refractivity contribution in [2.24, 2.45) is 10.2 Å².